The molecule has 24 heavy (non-hydrogen) atoms. The molecule has 0 saturated carbocycles. The van der Waals surface area contributed by atoms with Crippen molar-refractivity contribution in [1.82, 2.24) is 19.7 Å². The van der Waals surface area contributed by atoms with E-state index in [0.29, 0.717) is 6.61 Å². The van der Waals surface area contributed by atoms with Crippen molar-refractivity contribution in [1.29, 1.82) is 0 Å². The van der Waals surface area contributed by atoms with Crippen LogP contribution in [0.2, 0.25) is 0 Å². The Morgan fingerprint density at radius 2 is 2.17 bits per heavy atom. The number of morpholine rings is 1. The highest BCUT2D eigenvalue weighted by molar-refractivity contribution is 7.13. The van der Waals surface area contributed by atoms with Crippen molar-refractivity contribution >= 4 is 11.3 Å². The van der Waals surface area contributed by atoms with Crippen LogP contribution < -0.4 is 0 Å². The monoisotopic (exact) mass is 340 g/mol. The van der Waals surface area contributed by atoms with Gasteiger partial charge in [0.1, 0.15) is 5.01 Å². The number of thiazole rings is 1. The Bertz CT molecular complexity index is 798. The molecule has 0 N–H and O–H groups in total. The zero-order valence-electron chi connectivity index (χ0n) is 13.6. The Labute approximate surface area is 145 Å². The zero-order valence-corrected chi connectivity index (χ0v) is 14.4. The predicted octanol–water partition coefficient (Wildman–Crippen LogP) is 3.12. The number of hydrogen-bond acceptors (Lipinski definition) is 5. The van der Waals surface area contributed by atoms with Crippen molar-refractivity contribution in [2.24, 2.45) is 7.05 Å². The first-order chi connectivity index (χ1) is 11.8. The van der Waals surface area contributed by atoms with Crippen LogP contribution in [-0.2, 0) is 18.3 Å². The molecule has 3 aromatic rings. The lowest BCUT2D eigenvalue weighted by molar-refractivity contribution is -0.0140. The normalized spacial score (nSPS) is 18.8. The van der Waals surface area contributed by atoms with Gasteiger partial charge in [-0.3, -0.25) is 9.58 Å². The second kappa shape index (κ2) is 6.84. The van der Waals surface area contributed by atoms with Crippen LogP contribution >= 0.6 is 11.3 Å². The second-order valence-corrected chi connectivity index (χ2v) is 6.89. The fourth-order valence-electron chi connectivity index (χ4n) is 3.04. The van der Waals surface area contributed by atoms with Gasteiger partial charge in [0.15, 0.2) is 0 Å². The SMILES string of the molecule is Cn1cc(CN2CCOC[C@@H]2c2csc(-c3ccccc3)n2)cn1. The van der Waals surface area contributed by atoms with E-state index in [0.717, 1.165) is 30.4 Å². The van der Waals surface area contributed by atoms with E-state index in [2.05, 4.69) is 45.8 Å². The number of nitrogens with zero attached hydrogens (tertiary/aromatic N) is 4. The minimum Gasteiger partial charge on any atom is -0.378 e. The lowest BCUT2D eigenvalue weighted by atomic mass is 10.1. The van der Waals surface area contributed by atoms with Gasteiger partial charge in [-0.25, -0.2) is 4.98 Å². The molecule has 0 spiro atoms. The highest BCUT2D eigenvalue weighted by Crippen LogP contribution is 2.30. The summed E-state index contributed by atoms with van der Waals surface area (Å²) < 4.78 is 7.58. The molecule has 1 atom stereocenters. The number of benzene rings is 1. The Kier molecular flexibility index (Phi) is 4.42. The van der Waals surface area contributed by atoms with Gasteiger partial charge in [0.25, 0.3) is 0 Å². The number of ether oxygens (including phenoxy) is 1. The lowest BCUT2D eigenvalue weighted by Gasteiger charge is -2.34. The molecule has 1 aromatic carbocycles. The molecule has 1 saturated heterocycles. The highest BCUT2D eigenvalue weighted by Gasteiger charge is 2.27. The quantitative estimate of drug-likeness (QED) is 0.732. The van der Waals surface area contributed by atoms with Crippen molar-refractivity contribution in [2.45, 2.75) is 12.6 Å². The summed E-state index contributed by atoms with van der Waals surface area (Å²) in [6.45, 7) is 3.25. The Balaban J connectivity index is 1.55. The summed E-state index contributed by atoms with van der Waals surface area (Å²) in [6, 6.07) is 10.5. The first kappa shape index (κ1) is 15.5. The molecule has 0 unspecified atom stereocenters. The van der Waals surface area contributed by atoms with Gasteiger partial charge in [0.2, 0.25) is 0 Å². The minimum absolute atomic E-state index is 0.202. The molecular weight excluding hydrogens is 320 g/mol. The second-order valence-electron chi connectivity index (χ2n) is 6.03. The van der Waals surface area contributed by atoms with Crippen molar-refractivity contribution in [3.8, 4) is 10.6 Å². The number of aryl methyl sites for hydroxylation is 1. The van der Waals surface area contributed by atoms with Crippen LogP contribution in [0.4, 0.5) is 0 Å². The van der Waals surface area contributed by atoms with E-state index in [1.807, 2.05) is 24.0 Å². The molecule has 1 aliphatic rings. The smallest absolute Gasteiger partial charge is 0.123 e. The summed E-state index contributed by atoms with van der Waals surface area (Å²) in [6.07, 6.45) is 4.01. The van der Waals surface area contributed by atoms with Gasteiger partial charge in [0.05, 0.1) is 31.1 Å². The number of hydrogen-bond donors (Lipinski definition) is 0. The van der Waals surface area contributed by atoms with E-state index in [9.17, 15) is 0 Å². The van der Waals surface area contributed by atoms with Gasteiger partial charge in [-0.05, 0) is 0 Å². The Morgan fingerprint density at radius 3 is 2.96 bits per heavy atom. The van der Waals surface area contributed by atoms with E-state index in [4.69, 9.17) is 9.72 Å². The van der Waals surface area contributed by atoms with Crippen LogP contribution in [0.15, 0.2) is 48.1 Å². The average molecular weight is 340 g/mol. The summed E-state index contributed by atoms with van der Waals surface area (Å²) in [7, 11) is 1.95. The van der Waals surface area contributed by atoms with E-state index < -0.39 is 0 Å². The van der Waals surface area contributed by atoms with Crippen LogP contribution in [0.5, 0.6) is 0 Å². The summed E-state index contributed by atoms with van der Waals surface area (Å²) in [4.78, 5) is 7.31. The number of aromatic nitrogens is 3. The van der Waals surface area contributed by atoms with Gasteiger partial charge in [-0.15, -0.1) is 11.3 Å². The molecule has 124 valence electrons. The molecule has 0 bridgehead atoms. The van der Waals surface area contributed by atoms with Crippen molar-refractivity contribution < 1.29 is 4.74 Å². The molecule has 6 heteroatoms. The fraction of sp³-hybridized carbons (Fsp3) is 0.333. The van der Waals surface area contributed by atoms with Crippen molar-refractivity contribution in [3.63, 3.8) is 0 Å². The van der Waals surface area contributed by atoms with Gasteiger partial charge >= 0.3 is 0 Å². The third-order valence-electron chi connectivity index (χ3n) is 4.27. The topological polar surface area (TPSA) is 43.2 Å². The highest BCUT2D eigenvalue weighted by atomic mass is 32.1. The van der Waals surface area contributed by atoms with E-state index >= 15 is 0 Å². The maximum atomic E-state index is 5.73. The Morgan fingerprint density at radius 1 is 1.29 bits per heavy atom. The molecule has 0 amide bonds. The molecule has 5 nitrogen and oxygen atoms in total. The van der Waals surface area contributed by atoms with E-state index in [1.165, 1.54) is 11.1 Å². The molecule has 0 aliphatic carbocycles. The van der Waals surface area contributed by atoms with Gasteiger partial charge in [0, 0.05) is 42.8 Å². The molecule has 1 fully saturated rings. The maximum absolute atomic E-state index is 5.73. The molecule has 3 heterocycles. The van der Waals surface area contributed by atoms with Gasteiger partial charge < -0.3 is 4.74 Å². The summed E-state index contributed by atoms with van der Waals surface area (Å²) in [5, 5.41) is 7.50. The fourth-order valence-corrected chi connectivity index (χ4v) is 3.91. The Hall–Kier alpha value is -2.02. The number of rotatable bonds is 4. The van der Waals surface area contributed by atoms with Crippen molar-refractivity contribution in [2.75, 3.05) is 19.8 Å². The largest absolute Gasteiger partial charge is 0.378 e. The summed E-state index contributed by atoms with van der Waals surface area (Å²) >= 11 is 1.70. The maximum Gasteiger partial charge on any atom is 0.123 e. The third-order valence-corrected chi connectivity index (χ3v) is 5.18. The molecule has 2 aromatic heterocycles. The van der Waals surface area contributed by atoms with Gasteiger partial charge in [-0.1, -0.05) is 30.3 Å². The minimum atomic E-state index is 0.202. The first-order valence-electron chi connectivity index (χ1n) is 8.10. The molecule has 0 radical (unpaired) electrons. The van der Waals surface area contributed by atoms with Crippen LogP contribution in [0.25, 0.3) is 10.6 Å². The zero-order chi connectivity index (χ0) is 16.4. The average Bonchev–Trinajstić information content (AvgIpc) is 3.26. The molecule has 4 rings (SSSR count). The summed E-state index contributed by atoms with van der Waals surface area (Å²) in [5.41, 5.74) is 3.50. The van der Waals surface area contributed by atoms with Crippen LogP contribution in [0.1, 0.15) is 17.3 Å². The van der Waals surface area contributed by atoms with Crippen molar-refractivity contribution in [3.05, 3.63) is 59.4 Å². The van der Waals surface area contributed by atoms with E-state index in [-0.39, 0.29) is 6.04 Å². The van der Waals surface area contributed by atoms with Crippen LogP contribution in [0, 0.1) is 0 Å². The standard InChI is InChI=1S/C18H20N4OS/c1-21-10-14(9-19-21)11-22-7-8-23-12-17(22)16-13-24-18(20-16)15-5-3-2-4-6-15/h2-6,9-10,13,17H,7-8,11-12H2,1H3/t17-/m1/s1. The van der Waals surface area contributed by atoms with E-state index in [1.54, 1.807) is 11.3 Å². The molecule has 1 aliphatic heterocycles. The third kappa shape index (κ3) is 3.26. The summed E-state index contributed by atoms with van der Waals surface area (Å²) in [5.74, 6) is 0. The first-order valence-corrected chi connectivity index (χ1v) is 8.98. The lowest BCUT2D eigenvalue weighted by Crippen LogP contribution is -2.39. The van der Waals surface area contributed by atoms with Gasteiger partial charge in [-0.2, -0.15) is 5.10 Å². The molecular formula is C18H20N4OS. The predicted molar refractivity (Wildman–Crippen MR) is 94.7 cm³/mol. The van der Waals surface area contributed by atoms with Crippen LogP contribution in [0.3, 0.4) is 0 Å². The van der Waals surface area contributed by atoms with Crippen LogP contribution in [-0.4, -0.2) is 39.4 Å².